The van der Waals surface area contributed by atoms with E-state index < -0.39 is 5.63 Å². The van der Waals surface area contributed by atoms with Gasteiger partial charge in [-0.2, -0.15) is 0 Å². The van der Waals surface area contributed by atoms with Crippen LogP contribution in [0.25, 0.3) is 0 Å². The Bertz CT molecular complexity index is 560. The fourth-order valence-electron chi connectivity index (χ4n) is 3.53. The van der Waals surface area contributed by atoms with E-state index in [-0.39, 0.29) is 28.9 Å². The highest BCUT2D eigenvalue weighted by Gasteiger charge is 2.30. The molecule has 3 rings (SSSR count). The molecule has 0 spiro atoms. The predicted molar refractivity (Wildman–Crippen MR) is 74.1 cm³/mol. The van der Waals surface area contributed by atoms with E-state index >= 15 is 0 Å². The molecule has 2 saturated carbocycles. The normalized spacial score (nSPS) is 20.6. The molecule has 2 aliphatic carbocycles. The third-order valence-corrected chi connectivity index (χ3v) is 4.68. The van der Waals surface area contributed by atoms with Crippen LogP contribution in [0.15, 0.2) is 15.3 Å². The second-order valence-electron chi connectivity index (χ2n) is 6.02. The van der Waals surface area contributed by atoms with Crippen molar-refractivity contribution in [3.8, 4) is 5.75 Å². The monoisotopic (exact) mass is 276 g/mol. The molecule has 1 N–H and O–H groups in total. The molecule has 108 valence electrons. The molecule has 1 heterocycles. The van der Waals surface area contributed by atoms with Gasteiger partial charge >= 0.3 is 5.63 Å². The van der Waals surface area contributed by atoms with Crippen molar-refractivity contribution in [2.24, 2.45) is 5.92 Å². The first-order valence-electron chi connectivity index (χ1n) is 7.58. The maximum Gasteiger partial charge on any atom is 0.350 e. The van der Waals surface area contributed by atoms with Crippen LogP contribution in [0.4, 0.5) is 0 Å². The highest BCUT2D eigenvalue weighted by atomic mass is 16.4. The molecule has 0 atom stereocenters. The minimum atomic E-state index is -0.663. The Morgan fingerprint density at radius 2 is 1.70 bits per heavy atom. The Kier molecular flexibility index (Phi) is 3.64. The fourth-order valence-corrected chi connectivity index (χ4v) is 3.53. The molecular weight excluding hydrogens is 256 g/mol. The van der Waals surface area contributed by atoms with Crippen molar-refractivity contribution in [2.45, 2.75) is 57.3 Å². The van der Waals surface area contributed by atoms with Gasteiger partial charge in [0, 0.05) is 17.9 Å². The summed E-state index contributed by atoms with van der Waals surface area (Å²) < 4.78 is 5.32. The highest BCUT2D eigenvalue weighted by Crippen LogP contribution is 2.36. The van der Waals surface area contributed by atoms with Crippen molar-refractivity contribution in [2.75, 3.05) is 0 Å². The Morgan fingerprint density at radius 1 is 1.10 bits per heavy atom. The molecule has 0 aliphatic heterocycles. The Balaban J connectivity index is 1.91. The lowest BCUT2D eigenvalue weighted by Gasteiger charge is -2.11. The molecule has 2 aliphatic rings. The predicted octanol–water partition coefficient (Wildman–Crippen LogP) is 3.38. The maximum absolute atomic E-state index is 12.3. The molecule has 0 saturated heterocycles. The number of hydrogen-bond donors (Lipinski definition) is 1. The van der Waals surface area contributed by atoms with Crippen LogP contribution in [-0.4, -0.2) is 10.9 Å². The van der Waals surface area contributed by atoms with Crippen molar-refractivity contribution in [1.29, 1.82) is 0 Å². The van der Waals surface area contributed by atoms with Crippen LogP contribution in [0.1, 0.15) is 73.4 Å². The van der Waals surface area contributed by atoms with Crippen molar-refractivity contribution in [3.63, 3.8) is 0 Å². The summed E-state index contributed by atoms with van der Waals surface area (Å²) in [5.74, 6) is 0.185. The van der Waals surface area contributed by atoms with E-state index in [2.05, 4.69) is 0 Å². The Morgan fingerprint density at radius 3 is 2.30 bits per heavy atom. The van der Waals surface area contributed by atoms with Crippen LogP contribution in [-0.2, 0) is 0 Å². The van der Waals surface area contributed by atoms with Gasteiger partial charge in [0.05, 0.1) is 0 Å². The van der Waals surface area contributed by atoms with Crippen LogP contribution < -0.4 is 5.63 Å². The summed E-state index contributed by atoms with van der Waals surface area (Å²) in [5.41, 5.74) is -0.803. The van der Waals surface area contributed by atoms with Crippen LogP contribution in [0.2, 0.25) is 0 Å². The summed E-state index contributed by atoms with van der Waals surface area (Å²) in [5, 5.41) is 10.1. The third kappa shape index (κ3) is 2.39. The summed E-state index contributed by atoms with van der Waals surface area (Å²) in [6.45, 7) is 0. The lowest BCUT2D eigenvalue weighted by Crippen LogP contribution is -2.21. The minimum absolute atomic E-state index is 0.124. The van der Waals surface area contributed by atoms with E-state index in [4.69, 9.17) is 4.42 Å². The molecule has 0 radical (unpaired) electrons. The maximum atomic E-state index is 12.3. The van der Waals surface area contributed by atoms with Gasteiger partial charge in [-0.05, 0) is 25.7 Å². The summed E-state index contributed by atoms with van der Waals surface area (Å²) >= 11 is 0. The molecule has 0 unspecified atom stereocenters. The number of aromatic hydroxyl groups is 1. The summed E-state index contributed by atoms with van der Waals surface area (Å²) in [6.07, 6.45) is 7.86. The Hall–Kier alpha value is -1.58. The number of carbonyl (C=O) groups is 1. The van der Waals surface area contributed by atoms with Crippen molar-refractivity contribution in [1.82, 2.24) is 0 Å². The van der Waals surface area contributed by atoms with Gasteiger partial charge in [0.25, 0.3) is 0 Å². The van der Waals surface area contributed by atoms with Crippen molar-refractivity contribution in [3.05, 3.63) is 27.8 Å². The van der Waals surface area contributed by atoms with Gasteiger partial charge in [-0.3, -0.25) is 4.79 Å². The van der Waals surface area contributed by atoms with Gasteiger partial charge in [-0.1, -0.05) is 25.7 Å². The quantitative estimate of drug-likeness (QED) is 0.859. The van der Waals surface area contributed by atoms with Gasteiger partial charge in [-0.25, -0.2) is 4.79 Å². The molecule has 1 aromatic heterocycles. The number of ketones is 1. The van der Waals surface area contributed by atoms with Crippen LogP contribution >= 0.6 is 0 Å². The van der Waals surface area contributed by atoms with Crippen molar-refractivity contribution >= 4 is 5.78 Å². The van der Waals surface area contributed by atoms with Gasteiger partial charge in [0.2, 0.25) is 0 Å². The lowest BCUT2D eigenvalue weighted by atomic mass is 9.96. The third-order valence-electron chi connectivity index (χ3n) is 4.68. The van der Waals surface area contributed by atoms with E-state index in [9.17, 15) is 14.7 Å². The number of carbonyl (C=O) groups excluding carboxylic acids is 1. The topological polar surface area (TPSA) is 67.5 Å². The first-order valence-corrected chi connectivity index (χ1v) is 7.58. The number of hydrogen-bond acceptors (Lipinski definition) is 4. The lowest BCUT2D eigenvalue weighted by molar-refractivity contribution is 0.0915. The summed E-state index contributed by atoms with van der Waals surface area (Å²) in [7, 11) is 0. The minimum Gasteiger partial charge on any atom is -0.507 e. The molecular formula is C16H20O4. The van der Waals surface area contributed by atoms with Crippen molar-refractivity contribution < 1.29 is 14.3 Å². The molecule has 1 aromatic rings. The van der Waals surface area contributed by atoms with Gasteiger partial charge in [0.15, 0.2) is 5.78 Å². The van der Waals surface area contributed by atoms with E-state index in [0.717, 1.165) is 51.4 Å². The Labute approximate surface area is 117 Å². The summed E-state index contributed by atoms with van der Waals surface area (Å²) in [6, 6.07) is 1.49. The van der Waals surface area contributed by atoms with Gasteiger partial charge in [-0.15, -0.1) is 0 Å². The van der Waals surface area contributed by atoms with Crippen LogP contribution in [0, 0.1) is 5.92 Å². The highest BCUT2D eigenvalue weighted by molar-refractivity contribution is 5.99. The first-order chi connectivity index (χ1) is 9.66. The van der Waals surface area contributed by atoms with Crippen LogP contribution in [0.5, 0.6) is 5.75 Å². The van der Waals surface area contributed by atoms with E-state index in [1.54, 1.807) is 0 Å². The zero-order valence-corrected chi connectivity index (χ0v) is 11.6. The first kappa shape index (κ1) is 13.4. The SMILES string of the molecule is O=C(c1c(O)cc(C2CCCC2)oc1=O)C1CCCC1. The second-order valence-corrected chi connectivity index (χ2v) is 6.02. The van der Waals surface area contributed by atoms with Gasteiger partial charge in [0.1, 0.15) is 17.1 Å². The molecule has 2 fully saturated rings. The molecule has 0 amide bonds. The average molecular weight is 276 g/mol. The van der Waals surface area contributed by atoms with Gasteiger partial charge < -0.3 is 9.52 Å². The molecule has 0 aromatic carbocycles. The zero-order valence-electron chi connectivity index (χ0n) is 11.6. The molecule has 4 nitrogen and oxygen atoms in total. The van der Waals surface area contributed by atoms with Crippen LogP contribution in [0.3, 0.4) is 0 Å². The fraction of sp³-hybridized carbons (Fsp3) is 0.625. The molecule has 20 heavy (non-hydrogen) atoms. The van der Waals surface area contributed by atoms with E-state index in [0.29, 0.717) is 5.76 Å². The zero-order chi connectivity index (χ0) is 14.1. The average Bonchev–Trinajstić information content (AvgIpc) is 3.11. The smallest absolute Gasteiger partial charge is 0.350 e. The number of rotatable bonds is 3. The van der Waals surface area contributed by atoms with E-state index in [1.165, 1.54) is 6.07 Å². The molecule has 4 heteroatoms. The largest absolute Gasteiger partial charge is 0.507 e. The second kappa shape index (κ2) is 5.43. The van der Waals surface area contributed by atoms with E-state index in [1.807, 2.05) is 0 Å². The standard InChI is InChI=1S/C16H20O4/c17-12-9-13(10-5-1-2-6-10)20-16(19)14(12)15(18)11-7-3-4-8-11/h9-11,17H,1-8H2. The number of Topliss-reactive ketones (excluding diaryl/α,β-unsaturated/α-hetero) is 1. The molecule has 0 bridgehead atoms. The summed E-state index contributed by atoms with van der Waals surface area (Å²) in [4.78, 5) is 24.4.